The van der Waals surface area contributed by atoms with Gasteiger partial charge >= 0.3 is 6.18 Å². The second kappa shape index (κ2) is 9.29. The molecule has 0 aliphatic heterocycles. The first-order valence-corrected chi connectivity index (χ1v) is 9.72. The second-order valence-corrected chi connectivity index (χ2v) is 6.90. The van der Waals surface area contributed by atoms with Crippen LogP contribution in [-0.4, -0.2) is 30.6 Å². The van der Waals surface area contributed by atoms with E-state index in [1.807, 2.05) is 5.32 Å². The number of amides is 1. The standard InChI is InChI=1S/C22H12F5N7O2/c1-2-12-16(4-7-29-19(12)28)36-17-14(23)8-11(9-15(17)24)33-20(35)13-10-32-34(18(13)22(25,26)27)21-30-5-3-6-31-21/h1,3-10H,(H2,28,29)(H,33,35). The number of nitrogens with zero attached hydrogens (tertiary/aromatic N) is 5. The molecule has 4 aromatic rings. The van der Waals surface area contributed by atoms with Crippen molar-refractivity contribution in [1.29, 1.82) is 0 Å². The van der Waals surface area contributed by atoms with Crippen LogP contribution < -0.4 is 15.8 Å². The average molecular weight is 501 g/mol. The molecule has 1 amide bonds. The van der Waals surface area contributed by atoms with Crippen molar-refractivity contribution in [2.24, 2.45) is 0 Å². The summed E-state index contributed by atoms with van der Waals surface area (Å²) in [5.41, 5.74) is 2.66. The fourth-order valence-electron chi connectivity index (χ4n) is 3.07. The molecule has 9 nitrogen and oxygen atoms in total. The summed E-state index contributed by atoms with van der Waals surface area (Å²) in [4.78, 5) is 23.7. The number of halogens is 5. The quantitative estimate of drug-likeness (QED) is 0.314. The van der Waals surface area contributed by atoms with E-state index in [2.05, 4.69) is 26.0 Å². The molecule has 0 bridgehead atoms. The molecule has 0 radical (unpaired) electrons. The molecule has 14 heteroatoms. The van der Waals surface area contributed by atoms with E-state index in [-0.39, 0.29) is 17.1 Å². The van der Waals surface area contributed by atoms with Crippen LogP contribution in [0.4, 0.5) is 33.5 Å². The molecule has 3 N–H and O–H groups in total. The van der Waals surface area contributed by atoms with Crippen molar-refractivity contribution < 1.29 is 31.5 Å². The van der Waals surface area contributed by atoms with Crippen LogP contribution in [-0.2, 0) is 6.18 Å². The molecular formula is C22H12F5N7O2. The summed E-state index contributed by atoms with van der Waals surface area (Å²) in [6.45, 7) is 0. The molecule has 182 valence electrons. The molecule has 0 fully saturated rings. The maximum Gasteiger partial charge on any atom is 0.434 e. The molecule has 3 heterocycles. The zero-order valence-electron chi connectivity index (χ0n) is 17.7. The Morgan fingerprint density at radius 3 is 2.39 bits per heavy atom. The van der Waals surface area contributed by atoms with Crippen molar-refractivity contribution in [3.05, 3.63) is 77.5 Å². The molecule has 1 aromatic carbocycles. The third kappa shape index (κ3) is 4.62. The summed E-state index contributed by atoms with van der Waals surface area (Å²) in [5.74, 6) is -3.32. The number of pyridine rings is 1. The van der Waals surface area contributed by atoms with Crippen LogP contribution in [0.25, 0.3) is 5.95 Å². The molecule has 36 heavy (non-hydrogen) atoms. The number of nitrogens with two attached hydrogens (primary N) is 1. The van der Waals surface area contributed by atoms with Crippen molar-refractivity contribution in [2.75, 3.05) is 11.1 Å². The van der Waals surface area contributed by atoms with Crippen molar-refractivity contribution in [3.8, 4) is 29.8 Å². The number of hydrogen-bond acceptors (Lipinski definition) is 7. The summed E-state index contributed by atoms with van der Waals surface area (Å²) in [6.07, 6.45) is 4.48. The molecular weight excluding hydrogens is 489 g/mol. The van der Waals surface area contributed by atoms with E-state index in [1.54, 1.807) is 0 Å². The van der Waals surface area contributed by atoms with Gasteiger partial charge in [-0.2, -0.15) is 23.0 Å². The Hall–Kier alpha value is -5.06. The molecule has 0 aliphatic carbocycles. The fourth-order valence-corrected chi connectivity index (χ4v) is 3.07. The molecule has 0 saturated heterocycles. The number of nitrogen functional groups attached to an aromatic ring is 1. The molecule has 0 aliphatic rings. The second-order valence-electron chi connectivity index (χ2n) is 6.90. The van der Waals surface area contributed by atoms with Gasteiger partial charge in [-0.3, -0.25) is 4.79 Å². The van der Waals surface area contributed by atoms with E-state index < -0.39 is 52.4 Å². The number of ether oxygens (including phenoxy) is 1. The minimum atomic E-state index is -5.04. The molecule has 3 aromatic heterocycles. The number of rotatable bonds is 5. The van der Waals surface area contributed by atoms with Crippen LogP contribution in [0.3, 0.4) is 0 Å². The summed E-state index contributed by atoms with van der Waals surface area (Å²) < 4.78 is 76.1. The summed E-state index contributed by atoms with van der Waals surface area (Å²) in [7, 11) is 0. The number of terminal acetylenes is 1. The highest BCUT2D eigenvalue weighted by Crippen LogP contribution is 2.35. The van der Waals surface area contributed by atoms with Crippen LogP contribution in [0, 0.1) is 24.0 Å². The van der Waals surface area contributed by atoms with Crippen molar-refractivity contribution in [2.45, 2.75) is 6.18 Å². The Morgan fingerprint density at radius 2 is 1.78 bits per heavy atom. The van der Waals surface area contributed by atoms with Gasteiger partial charge in [-0.1, -0.05) is 5.92 Å². The number of anilines is 2. The van der Waals surface area contributed by atoms with Gasteiger partial charge in [-0.05, 0) is 6.07 Å². The lowest BCUT2D eigenvalue weighted by Gasteiger charge is -2.13. The van der Waals surface area contributed by atoms with Crippen LogP contribution in [0.2, 0.25) is 0 Å². The van der Waals surface area contributed by atoms with Gasteiger partial charge in [0.15, 0.2) is 23.1 Å². The highest BCUT2D eigenvalue weighted by atomic mass is 19.4. The lowest BCUT2D eigenvalue weighted by molar-refractivity contribution is -0.143. The third-order valence-electron chi connectivity index (χ3n) is 4.58. The lowest BCUT2D eigenvalue weighted by Crippen LogP contribution is -2.21. The zero-order chi connectivity index (χ0) is 26.0. The summed E-state index contributed by atoms with van der Waals surface area (Å²) >= 11 is 0. The van der Waals surface area contributed by atoms with Gasteiger partial charge in [-0.15, -0.1) is 6.42 Å². The number of aromatic nitrogens is 5. The molecule has 4 rings (SSSR count). The maximum atomic E-state index is 14.7. The number of carbonyl (C=O) groups is 1. The summed E-state index contributed by atoms with van der Waals surface area (Å²) in [5, 5.41) is 5.56. The Bertz CT molecular complexity index is 1470. The highest BCUT2D eigenvalue weighted by Gasteiger charge is 2.41. The molecule has 0 saturated carbocycles. The monoisotopic (exact) mass is 501 g/mol. The van der Waals surface area contributed by atoms with Gasteiger partial charge in [-0.25, -0.2) is 23.7 Å². The van der Waals surface area contributed by atoms with Gasteiger partial charge < -0.3 is 15.8 Å². The van der Waals surface area contributed by atoms with Crippen LogP contribution in [0.5, 0.6) is 11.5 Å². The maximum absolute atomic E-state index is 14.7. The van der Waals surface area contributed by atoms with Gasteiger partial charge in [0.05, 0.1) is 11.8 Å². The first-order chi connectivity index (χ1) is 17.1. The Labute approximate surface area is 198 Å². The van der Waals surface area contributed by atoms with Gasteiger partial charge in [0.2, 0.25) is 0 Å². The van der Waals surface area contributed by atoms with Gasteiger partial charge in [0.1, 0.15) is 17.1 Å². The van der Waals surface area contributed by atoms with Crippen LogP contribution in [0.1, 0.15) is 21.6 Å². The van der Waals surface area contributed by atoms with Gasteiger partial charge in [0, 0.05) is 42.5 Å². The normalized spacial score (nSPS) is 11.1. The molecule has 0 spiro atoms. The predicted molar refractivity (Wildman–Crippen MR) is 115 cm³/mol. The lowest BCUT2D eigenvalue weighted by atomic mass is 10.2. The topological polar surface area (TPSA) is 121 Å². The first-order valence-electron chi connectivity index (χ1n) is 9.72. The van der Waals surface area contributed by atoms with E-state index in [0.29, 0.717) is 23.0 Å². The number of benzene rings is 1. The molecule has 0 unspecified atom stereocenters. The number of nitrogens with one attached hydrogen (secondary N) is 1. The third-order valence-corrected chi connectivity index (χ3v) is 4.58. The first kappa shape index (κ1) is 24.1. The SMILES string of the molecule is C#Cc1c(Oc2c(F)cc(NC(=O)c3cnn(-c4ncccn4)c3C(F)(F)F)cc2F)ccnc1N. The van der Waals surface area contributed by atoms with E-state index in [0.717, 1.165) is 0 Å². The Kier molecular flexibility index (Phi) is 6.22. The largest absolute Gasteiger partial charge is 0.450 e. The van der Waals surface area contributed by atoms with E-state index in [1.165, 1.54) is 30.7 Å². The van der Waals surface area contributed by atoms with Crippen molar-refractivity contribution in [1.82, 2.24) is 24.7 Å². The summed E-state index contributed by atoms with van der Waals surface area (Å²) in [6, 6.07) is 3.90. The van der Waals surface area contributed by atoms with Crippen LogP contribution >= 0.6 is 0 Å². The number of carbonyl (C=O) groups excluding carboxylic acids is 1. The zero-order valence-corrected chi connectivity index (χ0v) is 17.7. The minimum Gasteiger partial charge on any atom is -0.450 e. The van der Waals surface area contributed by atoms with Crippen molar-refractivity contribution >= 4 is 17.4 Å². The van der Waals surface area contributed by atoms with Crippen LogP contribution in [0.15, 0.2) is 49.1 Å². The molecule has 0 atom stereocenters. The highest BCUT2D eigenvalue weighted by molar-refractivity contribution is 6.05. The predicted octanol–water partition coefficient (Wildman–Crippen LogP) is 3.96. The Morgan fingerprint density at radius 1 is 1.11 bits per heavy atom. The Balaban J connectivity index is 1.64. The van der Waals surface area contributed by atoms with Crippen molar-refractivity contribution in [3.63, 3.8) is 0 Å². The van der Waals surface area contributed by atoms with E-state index in [9.17, 15) is 26.7 Å². The van der Waals surface area contributed by atoms with E-state index >= 15 is 0 Å². The fraction of sp³-hybridized carbons (Fsp3) is 0.0455. The number of hydrogen-bond donors (Lipinski definition) is 2. The number of alkyl halides is 3. The smallest absolute Gasteiger partial charge is 0.434 e. The minimum absolute atomic E-state index is 0.0484. The van der Waals surface area contributed by atoms with E-state index in [4.69, 9.17) is 16.9 Å². The average Bonchev–Trinajstić information content (AvgIpc) is 3.28. The van der Waals surface area contributed by atoms with Gasteiger partial charge in [0.25, 0.3) is 11.9 Å².